The molecule has 1 aliphatic heterocycles. The highest BCUT2D eigenvalue weighted by Crippen LogP contribution is 2.35. The Morgan fingerprint density at radius 2 is 1.77 bits per heavy atom. The normalized spacial score (nSPS) is 16.3. The van der Waals surface area contributed by atoms with Crippen molar-refractivity contribution in [1.82, 2.24) is 20.2 Å². The molecule has 0 saturated carbocycles. The number of carbonyl (C=O) groups excluding carboxylic acids is 1. The van der Waals surface area contributed by atoms with Crippen molar-refractivity contribution in [3.05, 3.63) is 82.0 Å². The Morgan fingerprint density at radius 1 is 1.12 bits per heavy atom. The van der Waals surface area contributed by atoms with Crippen LogP contribution in [0.1, 0.15) is 48.2 Å². The number of rotatable bonds is 10. The molecule has 12 heteroatoms. The van der Waals surface area contributed by atoms with E-state index in [-0.39, 0.29) is 44.3 Å². The minimum atomic E-state index is -3.34. The number of nitrogens with one attached hydrogen (secondary N) is 1. The highest BCUT2D eigenvalue weighted by atomic mass is 35.5. The van der Waals surface area contributed by atoms with Crippen LogP contribution in [-0.2, 0) is 9.84 Å². The SMILES string of the molecule is CC(CCNC(=O)c1c(Cl)cncc1Cl)N1CCC(C(Oc2cccc(F)n2)c2ccc(S(C)(=O)=O)cc2)CC1. The third kappa shape index (κ3) is 7.69. The number of carbonyl (C=O) groups is 1. The molecule has 2 aromatic heterocycles. The third-order valence-corrected chi connectivity index (χ3v) is 8.83. The zero-order chi connectivity index (χ0) is 28.9. The maximum absolute atomic E-state index is 13.8. The molecule has 4 rings (SSSR count). The van der Waals surface area contributed by atoms with Crippen LogP contribution in [0, 0.1) is 11.9 Å². The van der Waals surface area contributed by atoms with Gasteiger partial charge in [0, 0.05) is 43.2 Å². The van der Waals surface area contributed by atoms with Crippen molar-refractivity contribution in [2.45, 2.75) is 43.2 Å². The van der Waals surface area contributed by atoms with E-state index >= 15 is 0 Å². The standard InChI is InChI=1S/C28H31Cl2FN4O4S/c1-18(10-13-33-28(36)26-22(29)16-32-17-23(26)30)35-14-11-20(12-15-35)27(39-25-5-3-4-24(31)34-25)19-6-8-21(9-7-19)40(2,37)38/h3-9,16-18,20,27H,10-15H2,1-2H3,(H,33,36). The van der Waals surface area contributed by atoms with Gasteiger partial charge < -0.3 is 15.0 Å². The van der Waals surface area contributed by atoms with E-state index < -0.39 is 21.9 Å². The number of benzene rings is 1. The number of aromatic nitrogens is 2. The molecule has 1 amide bonds. The number of sulfone groups is 1. The number of likely N-dealkylation sites (tertiary alicyclic amines) is 1. The Labute approximate surface area is 243 Å². The topological polar surface area (TPSA) is 101 Å². The minimum Gasteiger partial charge on any atom is -0.469 e. The predicted molar refractivity (Wildman–Crippen MR) is 152 cm³/mol. The second-order valence-corrected chi connectivity index (χ2v) is 12.8. The summed E-state index contributed by atoms with van der Waals surface area (Å²) in [7, 11) is -3.34. The van der Waals surface area contributed by atoms with Crippen LogP contribution in [0.25, 0.3) is 0 Å². The molecule has 214 valence electrons. The van der Waals surface area contributed by atoms with Gasteiger partial charge in [-0.05, 0) is 63.0 Å². The van der Waals surface area contributed by atoms with Crippen molar-refractivity contribution in [2.24, 2.45) is 5.92 Å². The fraction of sp³-hybridized carbons (Fsp3) is 0.393. The first kappa shape index (κ1) is 30.2. The third-order valence-electron chi connectivity index (χ3n) is 7.13. The average molecular weight is 610 g/mol. The van der Waals surface area contributed by atoms with E-state index in [1.807, 2.05) is 0 Å². The van der Waals surface area contributed by atoms with Gasteiger partial charge in [0.1, 0.15) is 6.10 Å². The van der Waals surface area contributed by atoms with Crippen molar-refractivity contribution in [1.29, 1.82) is 0 Å². The average Bonchev–Trinajstić information content (AvgIpc) is 2.91. The van der Waals surface area contributed by atoms with Gasteiger partial charge in [0.05, 0.1) is 20.5 Å². The molecule has 1 aromatic carbocycles. The molecule has 1 fully saturated rings. The Kier molecular flexibility index (Phi) is 9.99. The first-order valence-corrected chi connectivity index (χ1v) is 15.6. The monoisotopic (exact) mass is 608 g/mol. The maximum atomic E-state index is 13.8. The van der Waals surface area contributed by atoms with Gasteiger partial charge in [0.25, 0.3) is 5.91 Å². The number of ether oxygens (including phenoxy) is 1. The number of hydrogen-bond acceptors (Lipinski definition) is 7. The lowest BCUT2D eigenvalue weighted by molar-refractivity contribution is 0.0575. The van der Waals surface area contributed by atoms with Crippen LogP contribution in [0.2, 0.25) is 10.0 Å². The van der Waals surface area contributed by atoms with E-state index in [9.17, 15) is 17.6 Å². The summed E-state index contributed by atoms with van der Waals surface area (Å²) >= 11 is 12.2. The first-order chi connectivity index (χ1) is 19.0. The molecule has 40 heavy (non-hydrogen) atoms. The van der Waals surface area contributed by atoms with E-state index in [2.05, 4.69) is 27.1 Å². The number of hydrogen-bond donors (Lipinski definition) is 1. The second kappa shape index (κ2) is 13.2. The number of pyridine rings is 2. The molecule has 8 nitrogen and oxygen atoms in total. The van der Waals surface area contributed by atoms with E-state index in [4.69, 9.17) is 27.9 Å². The zero-order valence-corrected chi connectivity index (χ0v) is 24.5. The molecule has 0 aliphatic carbocycles. The van der Waals surface area contributed by atoms with Crippen LogP contribution >= 0.6 is 23.2 Å². The first-order valence-electron chi connectivity index (χ1n) is 12.9. The molecule has 0 bridgehead atoms. The van der Waals surface area contributed by atoms with Crippen molar-refractivity contribution in [2.75, 3.05) is 25.9 Å². The Bertz CT molecular complexity index is 1410. The number of piperidine rings is 1. The largest absolute Gasteiger partial charge is 0.469 e. The van der Waals surface area contributed by atoms with Gasteiger partial charge in [-0.25, -0.2) is 8.42 Å². The Hall–Kier alpha value is -2.79. The van der Waals surface area contributed by atoms with Gasteiger partial charge in [-0.3, -0.25) is 9.78 Å². The molecular formula is C28H31Cl2FN4O4S. The highest BCUT2D eigenvalue weighted by Gasteiger charge is 2.31. The van der Waals surface area contributed by atoms with Crippen LogP contribution in [0.4, 0.5) is 4.39 Å². The lowest BCUT2D eigenvalue weighted by Crippen LogP contribution is -2.43. The zero-order valence-electron chi connectivity index (χ0n) is 22.2. The summed E-state index contributed by atoms with van der Waals surface area (Å²) < 4.78 is 43.8. The quantitative estimate of drug-likeness (QED) is 0.309. The minimum absolute atomic E-state index is 0.105. The predicted octanol–water partition coefficient (Wildman–Crippen LogP) is 5.37. The summed E-state index contributed by atoms with van der Waals surface area (Å²) in [6.45, 7) is 4.19. The maximum Gasteiger partial charge on any atom is 0.254 e. The van der Waals surface area contributed by atoms with Crippen LogP contribution in [0.3, 0.4) is 0 Å². The van der Waals surface area contributed by atoms with Gasteiger partial charge in [0.2, 0.25) is 11.8 Å². The number of amides is 1. The molecule has 2 atom stereocenters. The fourth-order valence-electron chi connectivity index (χ4n) is 4.88. The summed E-state index contributed by atoms with van der Waals surface area (Å²) in [5, 5.41) is 3.29. The van der Waals surface area contributed by atoms with E-state index in [0.29, 0.717) is 6.54 Å². The van der Waals surface area contributed by atoms with Crippen molar-refractivity contribution in [3.63, 3.8) is 0 Å². The molecule has 3 aromatic rings. The van der Waals surface area contributed by atoms with Gasteiger partial charge in [0.15, 0.2) is 9.84 Å². The van der Waals surface area contributed by atoms with Crippen LogP contribution in [0.15, 0.2) is 59.8 Å². The summed E-state index contributed by atoms with van der Waals surface area (Å²) in [6.07, 6.45) is 5.87. The summed E-state index contributed by atoms with van der Waals surface area (Å²) in [5.41, 5.74) is 1.02. The van der Waals surface area contributed by atoms with Crippen LogP contribution < -0.4 is 10.1 Å². The smallest absolute Gasteiger partial charge is 0.254 e. The fourth-order valence-corrected chi connectivity index (χ4v) is 6.05. The lowest BCUT2D eigenvalue weighted by atomic mass is 9.86. The Morgan fingerprint density at radius 3 is 2.38 bits per heavy atom. The summed E-state index contributed by atoms with van der Waals surface area (Å²) in [5.74, 6) is -0.685. The summed E-state index contributed by atoms with van der Waals surface area (Å²) in [4.78, 5) is 22.9. The summed E-state index contributed by atoms with van der Waals surface area (Å²) in [6, 6.07) is 11.3. The van der Waals surface area contributed by atoms with E-state index in [1.165, 1.54) is 24.7 Å². The van der Waals surface area contributed by atoms with Crippen LogP contribution in [0.5, 0.6) is 5.88 Å². The van der Waals surface area contributed by atoms with Gasteiger partial charge >= 0.3 is 0 Å². The molecule has 1 N–H and O–H groups in total. The number of halogens is 3. The highest BCUT2D eigenvalue weighted by molar-refractivity contribution is 7.90. The molecule has 0 spiro atoms. The molecule has 3 heterocycles. The number of nitrogens with zero attached hydrogens (tertiary/aromatic N) is 3. The second-order valence-electron chi connectivity index (χ2n) is 9.92. The van der Waals surface area contributed by atoms with Gasteiger partial charge in [-0.1, -0.05) is 41.4 Å². The Balaban J connectivity index is 1.37. The van der Waals surface area contributed by atoms with Crippen molar-refractivity contribution < 1.29 is 22.3 Å². The molecule has 1 saturated heterocycles. The molecule has 1 aliphatic rings. The molecule has 0 radical (unpaired) electrons. The van der Waals surface area contributed by atoms with Gasteiger partial charge in [-0.15, -0.1) is 0 Å². The van der Waals surface area contributed by atoms with Crippen molar-refractivity contribution in [3.8, 4) is 5.88 Å². The molecule has 2 unspecified atom stereocenters. The van der Waals surface area contributed by atoms with Crippen molar-refractivity contribution >= 4 is 38.9 Å². The van der Waals surface area contributed by atoms with E-state index in [0.717, 1.165) is 37.9 Å². The van der Waals surface area contributed by atoms with E-state index in [1.54, 1.807) is 36.4 Å². The lowest BCUT2D eigenvalue weighted by Gasteiger charge is -2.39. The van der Waals surface area contributed by atoms with Crippen LogP contribution in [-0.4, -0.2) is 61.1 Å². The molecular weight excluding hydrogens is 578 g/mol. The van der Waals surface area contributed by atoms with Gasteiger partial charge in [-0.2, -0.15) is 9.37 Å².